The zero-order valence-corrected chi connectivity index (χ0v) is 22.2. The molecule has 0 aliphatic rings. The summed E-state index contributed by atoms with van der Waals surface area (Å²) in [6.07, 6.45) is 3.09. The van der Waals surface area contributed by atoms with Crippen LogP contribution >= 0.6 is 39.3 Å². The van der Waals surface area contributed by atoms with Crippen LogP contribution in [0.25, 0.3) is 6.08 Å². The smallest absolute Gasteiger partial charge is 0.244 e. The second kappa shape index (κ2) is 12.2. The summed E-state index contributed by atoms with van der Waals surface area (Å²) < 4.78 is 2.86. The predicted molar refractivity (Wildman–Crippen MR) is 141 cm³/mol. The number of benzene rings is 2. The van der Waals surface area contributed by atoms with E-state index in [2.05, 4.69) is 36.8 Å². The van der Waals surface area contributed by atoms with Gasteiger partial charge in [0.15, 0.2) is 11.0 Å². The lowest BCUT2D eigenvalue weighted by Gasteiger charge is -2.12. The van der Waals surface area contributed by atoms with E-state index < -0.39 is 0 Å². The van der Waals surface area contributed by atoms with Crippen molar-refractivity contribution in [2.24, 2.45) is 0 Å². The van der Waals surface area contributed by atoms with Crippen molar-refractivity contribution in [2.45, 2.75) is 39.0 Å². The summed E-state index contributed by atoms with van der Waals surface area (Å²) in [7, 11) is 0. The first-order valence-electron chi connectivity index (χ1n) is 10.6. The number of nitrogens with one attached hydrogen (secondary N) is 2. The summed E-state index contributed by atoms with van der Waals surface area (Å²) in [5, 5.41) is 15.4. The van der Waals surface area contributed by atoms with Crippen molar-refractivity contribution in [3.05, 3.63) is 74.5 Å². The standard InChI is InChI=1S/C24H25BrClN5O2S/c1-4-31-20(13-27-21(32)10-9-17-7-5-6-8-19(17)26)29-30-24(31)34-14-22(33)28-23-15(2)11-18(25)12-16(23)3/h5-12H,4,13-14H2,1-3H3,(H,27,32)(H,28,33)/b10-9+. The van der Waals surface area contributed by atoms with Gasteiger partial charge in [-0.2, -0.15) is 0 Å². The molecule has 0 atom stereocenters. The highest BCUT2D eigenvalue weighted by atomic mass is 79.9. The number of thioether (sulfide) groups is 1. The van der Waals surface area contributed by atoms with E-state index >= 15 is 0 Å². The Morgan fingerprint density at radius 2 is 1.88 bits per heavy atom. The molecular formula is C24H25BrClN5O2S. The van der Waals surface area contributed by atoms with Gasteiger partial charge in [-0.05, 0) is 61.7 Å². The molecule has 2 N–H and O–H groups in total. The molecule has 2 aromatic carbocycles. The monoisotopic (exact) mass is 561 g/mol. The first-order chi connectivity index (χ1) is 16.3. The van der Waals surface area contributed by atoms with Crippen LogP contribution in [0.3, 0.4) is 0 Å². The Labute approximate surface area is 216 Å². The number of carbonyl (C=O) groups is 2. The number of rotatable bonds is 9. The highest BCUT2D eigenvalue weighted by molar-refractivity contribution is 9.10. The second-order valence-electron chi connectivity index (χ2n) is 7.47. The second-order valence-corrected chi connectivity index (χ2v) is 9.73. The molecule has 7 nitrogen and oxygen atoms in total. The average molecular weight is 563 g/mol. The van der Waals surface area contributed by atoms with Gasteiger partial charge in [-0.3, -0.25) is 9.59 Å². The topological polar surface area (TPSA) is 88.9 Å². The van der Waals surface area contributed by atoms with E-state index in [1.165, 1.54) is 17.8 Å². The van der Waals surface area contributed by atoms with Gasteiger partial charge in [0.1, 0.15) is 0 Å². The lowest BCUT2D eigenvalue weighted by Crippen LogP contribution is -2.22. The van der Waals surface area contributed by atoms with E-state index in [4.69, 9.17) is 11.6 Å². The van der Waals surface area contributed by atoms with Gasteiger partial charge in [0.25, 0.3) is 0 Å². The van der Waals surface area contributed by atoms with Gasteiger partial charge in [0, 0.05) is 27.8 Å². The first kappa shape index (κ1) is 26.0. The van der Waals surface area contributed by atoms with Gasteiger partial charge in [0.2, 0.25) is 11.8 Å². The van der Waals surface area contributed by atoms with E-state index in [1.54, 1.807) is 12.1 Å². The average Bonchev–Trinajstić information content (AvgIpc) is 3.20. The summed E-state index contributed by atoms with van der Waals surface area (Å²) in [6.45, 7) is 6.71. The number of amides is 2. The van der Waals surface area contributed by atoms with Crippen molar-refractivity contribution in [3.8, 4) is 0 Å². The van der Waals surface area contributed by atoms with Crippen LogP contribution in [0.1, 0.15) is 29.4 Å². The summed E-state index contributed by atoms with van der Waals surface area (Å²) in [5.74, 6) is 0.424. The highest BCUT2D eigenvalue weighted by Gasteiger charge is 2.15. The van der Waals surface area contributed by atoms with Gasteiger partial charge in [-0.1, -0.05) is 57.5 Å². The van der Waals surface area contributed by atoms with Crippen LogP contribution in [0.15, 0.2) is 52.1 Å². The Morgan fingerprint density at radius 1 is 1.18 bits per heavy atom. The number of hydrogen-bond donors (Lipinski definition) is 2. The van der Waals surface area contributed by atoms with E-state index in [0.717, 1.165) is 26.9 Å². The quantitative estimate of drug-likeness (QED) is 0.270. The van der Waals surface area contributed by atoms with Crippen LogP contribution in [0, 0.1) is 13.8 Å². The molecule has 2 amide bonds. The van der Waals surface area contributed by atoms with Crippen molar-refractivity contribution in [3.63, 3.8) is 0 Å². The molecule has 3 aromatic rings. The maximum atomic E-state index is 12.5. The molecule has 10 heteroatoms. The van der Waals surface area contributed by atoms with E-state index in [-0.39, 0.29) is 24.1 Å². The molecule has 0 saturated carbocycles. The number of halogens is 2. The molecule has 0 spiro atoms. The highest BCUT2D eigenvalue weighted by Crippen LogP contribution is 2.26. The number of carbonyl (C=O) groups excluding carboxylic acids is 2. The molecule has 1 heterocycles. The lowest BCUT2D eigenvalue weighted by molar-refractivity contribution is -0.116. The summed E-state index contributed by atoms with van der Waals surface area (Å²) in [5.41, 5.74) is 3.56. The van der Waals surface area contributed by atoms with Crippen LogP contribution in [0.2, 0.25) is 5.02 Å². The molecule has 0 saturated heterocycles. The van der Waals surface area contributed by atoms with Crippen LogP contribution in [0.5, 0.6) is 0 Å². The molecule has 0 radical (unpaired) electrons. The number of anilines is 1. The van der Waals surface area contributed by atoms with E-state index in [1.807, 2.05) is 55.7 Å². The zero-order chi connectivity index (χ0) is 24.7. The predicted octanol–water partition coefficient (Wildman–Crippen LogP) is 5.39. The number of aryl methyl sites for hydroxylation is 2. The minimum atomic E-state index is -0.264. The Bertz CT molecular complexity index is 1200. The fraction of sp³-hybridized carbons (Fsp3) is 0.250. The molecule has 0 aliphatic carbocycles. The lowest BCUT2D eigenvalue weighted by atomic mass is 10.1. The van der Waals surface area contributed by atoms with Gasteiger partial charge in [-0.25, -0.2) is 0 Å². The first-order valence-corrected chi connectivity index (χ1v) is 12.8. The summed E-state index contributed by atoms with van der Waals surface area (Å²) in [6, 6.07) is 11.2. The number of hydrogen-bond acceptors (Lipinski definition) is 5. The normalized spacial score (nSPS) is 11.1. The summed E-state index contributed by atoms with van der Waals surface area (Å²) in [4.78, 5) is 24.7. The van der Waals surface area contributed by atoms with Gasteiger partial charge in [-0.15, -0.1) is 10.2 Å². The molecule has 3 rings (SSSR count). The Morgan fingerprint density at radius 3 is 2.56 bits per heavy atom. The Kier molecular flexibility index (Phi) is 9.32. The minimum absolute atomic E-state index is 0.122. The number of nitrogens with zero attached hydrogens (tertiary/aromatic N) is 3. The van der Waals surface area contributed by atoms with Crippen LogP contribution in [-0.2, 0) is 22.7 Å². The molecular weight excluding hydrogens is 538 g/mol. The summed E-state index contributed by atoms with van der Waals surface area (Å²) >= 11 is 10.9. The zero-order valence-electron chi connectivity index (χ0n) is 19.1. The number of aromatic nitrogens is 3. The Hall–Kier alpha value is -2.62. The molecule has 0 fully saturated rings. The van der Waals surface area contributed by atoms with Crippen molar-refractivity contribution in [1.29, 1.82) is 0 Å². The third-order valence-electron chi connectivity index (χ3n) is 4.94. The minimum Gasteiger partial charge on any atom is -0.345 e. The van der Waals surface area contributed by atoms with Crippen molar-refractivity contribution < 1.29 is 9.59 Å². The molecule has 0 aliphatic heterocycles. The SMILES string of the molecule is CCn1c(CNC(=O)/C=C/c2ccccc2Cl)nnc1SCC(=O)Nc1c(C)cc(Br)cc1C. The fourth-order valence-electron chi connectivity index (χ4n) is 3.29. The van der Waals surface area contributed by atoms with Crippen molar-refractivity contribution >= 4 is 62.9 Å². The molecule has 1 aromatic heterocycles. The van der Waals surface area contributed by atoms with Crippen LogP contribution in [-0.4, -0.2) is 32.3 Å². The van der Waals surface area contributed by atoms with Crippen LogP contribution in [0.4, 0.5) is 5.69 Å². The maximum absolute atomic E-state index is 12.5. The van der Waals surface area contributed by atoms with Gasteiger partial charge >= 0.3 is 0 Å². The molecule has 0 bridgehead atoms. The van der Waals surface area contributed by atoms with E-state index in [0.29, 0.717) is 22.5 Å². The molecule has 178 valence electrons. The van der Waals surface area contributed by atoms with Crippen molar-refractivity contribution in [2.75, 3.05) is 11.1 Å². The van der Waals surface area contributed by atoms with Crippen molar-refractivity contribution in [1.82, 2.24) is 20.1 Å². The molecule has 34 heavy (non-hydrogen) atoms. The van der Waals surface area contributed by atoms with Crippen LogP contribution < -0.4 is 10.6 Å². The van der Waals surface area contributed by atoms with Gasteiger partial charge < -0.3 is 15.2 Å². The maximum Gasteiger partial charge on any atom is 0.244 e. The van der Waals surface area contributed by atoms with Gasteiger partial charge in [0.05, 0.1) is 12.3 Å². The Balaban J connectivity index is 1.56. The third kappa shape index (κ3) is 6.94. The van der Waals surface area contributed by atoms with E-state index in [9.17, 15) is 9.59 Å². The largest absolute Gasteiger partial charge is 0.345 e. The molecule has 0 unspecified atom stereocenters. The fourth-order valence-corrected chi connectivity index (χ4v) is 5.00. The third-order valence-corrected chi connectivity index (χ3v) is 6.71.